The Morgan fingerprint density at radius 3 is 2.54 bits per heavy atom. The number of benzene rings is 1. The van der Waals surface area contributed by atoms with Crippen LogP contribution < -0.4 is 15.4 Å². The molecule has 2 atom stereocenters. The number of methoxy groups -OCH3 is 2. The highest BCUT2D eigenvalue weighted by atomic mass is 16.6. The van der Waals surface area contributed by atoms with Crippen molar-refractivity contribution in [2.24, 2.45) is 4.99 Å². The number of hydrogen-bond donors (Lipinski definition) is 2. The van der Waals surface area contributed by atoms with Crippen LogP contribution in [0.5, 0.6) is 5.75 Å². The topological polar surface area (TPSA) is 125 Å². The van der Waals surface area contributed by atoms with Crippen molar-refractivity contribution in [1.82, 2.24) is 10.6 Å². The normalized spacial score (nSPS) is 16.8. The molecule has 0 spiro atoms. The fraction of sp³-hybridized carbons (Fsp3) is 0.556. The maximum Gasteiger partial charge on any atom is 0.437 e. The Hall–Kier alpha value is -3.56. The van der Waals surface area contributed by atoms with E-state index in [2.05, 4.69) is 22.2 Å². The zero-order valence-corrected chi connectivity index (χ0v) is 22.6. The molecule has 37 heavy (non-hydrogen) atoms. The summed E-state index contributed by atoms with van der Waals surface area (Å²) in [6.07, 6.45) is 3.29. The van der Waals surface area contributed by atoms with Crippen molar-refractivity contribution >= 4 is 24.0 Å². The third kappa shape index (κ3) is 8.80. The smallest absolute Gasteiger partial charge is 0.437 e. The molecule has 0 saturated heterocycles. The number of carbonyl (C=O) groups is 3. The number of esters is 2. The molecule has 10 heteroatoms. The second-order valence-electron chi connectivity index (χ2n) is 9.86. The Bertz CT molecular complexity index is 1020. The van der Waals surface area contributed by atoms with Crippen molar-refractivity contribution in [3.8, 4) is 5.75 Å². The molecule has 1 aromatic carbocycles. The Kier molecular flexibility index (Phi) is 10.5. The number of allylic oxidation sites excluding steroid dienone is 1. The molecule has 1 unspecified atom stereocenters. The quantitative estimate of drug-likeness (QED) is 0.161. The molecule has 0 aromatic heterocycles. The van der Waals surface area contributed by atoms with Crippen LogP contribution in [0.3, 0.4) is 0 Å². The number of nitrogens with one attached hydrogen (secondary N) is 2. The van der Waals surface area contributed by atoms with E-state index >= 15 is 0 Å². The van der Waals surface area contributed by atoms with E-state index < -0.39 is 29.2 Å². The number of rotatable bonds is 9. The van der Waals surface area contributed by atoms with Gasteiger partial charge in [-0.3, -0.25) is 4.79 Å². The highest BCUT2D eigenvalue weighted by Crippen LogP contribution is 2.33. The summed E-state index contributed by atoms with van der Waals surface area (Å²) in [6.45, 7) is 11.4. The molecule has 2 N–H and O–H groups in total. The van der Waals surface area contributed by atoms with Crippen LogP contribution in [-0.2, 0) is 19.0 Å². The molecule has 0 fully saturated rings. The Labute approximate surface area is 218 Å². The molecule has 2 rings (SSSR count). The second-order valence-corrected chi connectivity index (χ2v) is 9.86. The number of hydrogen-bond acceptors (Lipinski definition) is 7. The molecule has 0 bridgehead atoms. The number of fused-ring (bicyclic) bond motifs is 1. The molecular formula is C27H39N3O7. The molecule has 1 aliphatic rings. The average molecular weight is 518 g/mol. The summed E-state index contributed by atoms with van der Waals surface area (Å²) in [5.41, 5.74) is -0.425. The minimum Gasteiger partial charge on any atom is -0.493 e. The van der Waals surface area contributed by atoms with E-state index in [4.69, 9.17) is 18.9 Å². The van der Waals surface area contributed by atoms with Crippen molar-refractivity contribution in [3.05, 3.63) is 42.0 Å². The van der Waals surface area contributed by atoms with Gasteiger partial charge < -0.3 is 29.6 Å². The SMILES string of the molecule is C=CCCC(CC)(CC(=O)OC)N/C(=N\C(=O)OC(C)(C)C)N[C@@H]1CCOc2ccc(C(=O)OC)cc21. The standard InChI is InChI=1S/C27H39N3O7/c1-8-10-14-27(9-2,17-22(31)34-6)30-24(29-25(33)37-26(3,4)5)28-20-13-15-36-21-12-11-18(16-19(20)21)23(32)35-7/h8,11-12,16,20H,1,9-10,13-15,17H2,2-7H3,(H2,28,29,30,33)/t20-,27?/m1/s1. The molecule has 0 radical (unpaired) electrons. The second kappa shape index (κ2) is 13.1. The average Bonchev–Trinajstić information content (AvgIpc) is 2.85. The van der Waals surface area contributed by atoms with Crippen LogP contribution in [0.15, 0.2) is 35.8 Å². The lowest BCUT2D eigenvalue weighted by atomic mass is 9.86. The lowest BCUT2D eigenvalue weighted by molar-refractivity contribution is -0.142. The van der Waals surface area contributed by atoms with Crippen LogP contribution in [0.1, 0.15) is 81.8 Å². The van der Waals surface area contributed by atoms with Gasteiger partial charge in [-0.1, -0.05) is 13.0 Å². The summed E-state index contributed by atoms with van der Waals surface area (Å²) in [6, 6.07) is 4.69. The molecule has 204 valence electrons. The number of ether oxygens (including phenoxy) is 4. The van der Waals surface area contributed by atoms with Crippen molar-refractivity contribution in [3.63, 3.8) is 0 Å². The van der Waals surface area contributed by atoms with E-state index in [1.165, 1.54) is 14.2 Å². The fourth-order valence-corrected chi connectivity index (χ4v) is 3.99. The first-order valence-electron chi connectivity index (χ1n) is 12.3. The van der Waals surface area contributed by atoms with E-state index in [0.717, 1.165) is 0 Å². The van der Waals surface area contributed by atoms with Crippen LogP contribution in [-0.4, -0.2) is 56.0 Å². The van der Waals surface area contributed by atoms with Gasteiger partial charge in [-0.15, -0.1) is 11.6 Å². The van der Waals surface area contributed by atoms with E-state index in [-0.39, 0.29) is 18.4 Å². The zero-order chi connectivity index (χ0) is 27.6. The molecule has 0 aliphatic carbocycles. The molecule has 1 aliphatic heterocycles. The van der Waals surface area contributed by atoms with Gasteiger partial charge in [0, 0.05) is 12.0 Å². The summed E-state index contributed by atoms with van der Waals surface area (Å²) >= 11 is 0. The minimum absolute atomic E-state index is 0.0553. The monoisotopic (exact) mass is 517 g/mol. The first kappa shape index (κ1) is 29.7. The predicted molar refractivity (Wildman–Crippen MR) is 140 cm³/mol. The highest BCUT2D eigenvalue weighted by molar-refractivity contribution is 5.92. The number of nitrogens with zero attached hydrogens (tertiary/aromatic N) is 1. The lowest BCUT2D eigenvalue weighted by Crippen LogP contribution is -2.55. The predicted octanol–water partition coefficient (Wildman–Crippen LogP) is 4.45. The fourth-order valence-electron chi connectivity index (χ4n) is 3.99. The summed E-state index contributed by atoms with van der Waals surface area (Å²) in [7, 11) is 2.65. The van der Waals surface area contributed by atoms with Gasteiger partial charge in [0.1, 0.15) is 11.4 Å². The van der Waals surface area contributed by atoms with Gasteiger partial charge in [-0.05, 0) is 58.2 Å². The summed E-state index contributed by atoms with van der Waals surface area (Å²) in [4.78, 5) is 41.4. The Balaban J connectivity index is 2.48. The number of amides is 1. The van der Waals surface area contributed by atoms with Crippen LogP contribution in [0.2, 0.25) is 0 Å². The maximum atomic E-state index is 12.7. The summed E-state index contributed by atoms with van der Waals surface area (Å²) in [5, 5.41) is 6.62. The van der Waals surface area contributed by atoms with E-state index in [1.807, 2.05) is 6.92 Å². The van der Waals surface area contributed by atoms with Gasteiger partial charge >= 0.3 is 18.0 Å². The van der Waals surface area contributed by atoms with Gasteiger partial charge in [0.25, 0.3) is 0 Å². The molecule has 1 aromatic rings. The van der Waals surface area contributed by atoms with Gasteiger partial charge in [-0.2, -0.15) is 0 Å². The van der Waals surface area contributed by atoms with Gasteiger partial charge in [0.15, 0.2) is 0 Å². The van der Waals surface area contributed by atoms with Crippen LogP contribution in [0.25, 0.3) is 0 Å². The summed E-state index contributed by atoms with van der Waals surface area (Å²) < 4.78 is 21.0. The first-order valence-corrected chi connectivity index (χ1v) is 12.3. The number of carbonyl (C=O) groups excluding carboxylic acids is 3. The Morgan fingerprint density at radius 1 is 1.22 bits per heavy atom. The summed E-state index contributed by atoms with van der Waals surface area (Å²) in [5.74, 6) is -0.115. The van der Waals surface area contributed by atoms with Crippen molar-refractivity contribution in [2.75, 3.05) is 20.8 Å². The molecule has 1 amide bonds. The van der Waals surface area contributed by atoms with Crippen molar-refractivity contribution in [1.29, 1.82) is 0 Å². The lowest BCUT2D eigenvalue weighted by Gasteiger charge is -2.36. The van der Waals surface area contributed by atoms with E-state index in [1.54, 1.807) is 45.0 Å². The Morgan fingerprint density at radius 2 is 1.95 bits per heavy atom. The third-order valence-electron chi connectivity index (χ3n) is 5.98. The van der Waals surface area contributed by atoms with Gasteiger partial charge in [0.2, 0.25) is 5.96 Å². The maximum absolute atomic E-state index is 12.7. The van der Waals surface area contributed by atoms with Crippen molar-refractivity contribution < 1.29 is 33.3 Å². The number of guanidine groups is 1. The zero-order valence-electron chi connectivity index (χ0n) is 22.6. The van der Waals surface area contributed by atoms with E-state index in [9.17, 15) is 14.4 Å². The third-order valence-corrected chi connectivity index (χ3v) is 5.98. The molecule has 10 nitrogen and oxygen atoms in total. The first-order chi connectivity index (χ1) is 17.5. The van der Waals surface area contributed by atoms with Gasteiger partial charge in [0.05, 0.1) is 44.4 Å². The van der Waals surface area contributed by atoms with E-state index in [0.29, 0.717) is 49.2 Å². The van der Waals surface area contributed by atoms with Crippen LogP contribution >= 0.6 is 0 Å². The highest BCUT2D eigenvalue weighted by Gasteiger charge is 2.34. The molecule has 0 saturated carbocycles. The van der Waals surface area contributed by atoms with Crippen LogP contribution in [0, 0.1) is 0 Å². The van der Waals surface area contributed by atoms with Crippen molar-refractivity contribution in [2.45, 2.75) is 77.0 Å². The minimum atomic E-state index is -0.787. The number of aliphatic imine (C=N–C) groups is 1. The van der Waals surface area contributed by atoms with Gasteiger partial charge in [-0.25, -0.2) is 9.59 Å². The van der Waals surface area contributed by atoms with Crippen LogP contribution in [0.4, 0.5) is 4.79 Å². The molecule has 1 heterocycles. The largest absolute Gasteiger partial charge is 0.493 e. The molecular weight excluding hydrogens is 478 g/mol.